The number of amides is 1. The molecule has 0 aliphatic carbocycles. The molecule has 0 bridgehead atoms. The predicted octanol–water partition coefficient (Wildman–Crippen LogP) is 2.73. The summed E-state index contributed by atoms with van der Waals surface area (Å²) in [7, 11) is 0. The fourth-order valence-electron chi connectivity index (χ4n) is 2.55. The summed E-state index contributed by atoms with van der Waals surface area (Å²) >= 11 is 0. The van der Waals surface area contributed by atoms with E-state index in [0.29, 0.717) is 5.69 Å². The molecule has 1 atom stereocenters. The Bertz CT molecular complexity index is 819. The summed E-state index contributed by atoms with van der Waals surface area (Å²) in [5.74, 6) is -0.324. The van der Waals surface area contributed by atoms with Gasteiger partial charge in [-0.2, -0.15) is 8.78 Å². The molecule has 1 aromatic carbocycles. The zero-order valence-electron chi connectivity index (χ0n) is 14.4. The lowest BCUT2D eigenvalue weighted by atomic mass is 10.1. The second kappa shape index (κ2) is 8.46. The van der Waals surface area contributed by atoms with Crippen molar-refractivity contribution in [1.29, 1.82) is 0 Å². The van der Waals surface area contributed by atoms with Crippen LogP contribution in [-0.2, 0) is 11.3 Å². The van der Waals surface area contributed by atoms with E-state index in [-0.39, 0.29) is 42.0 Å². The standard InChI is InChI=1S/C18H20F2N2O4/c1-11-9-14(23)10-17(25)22(11)8-7-16(24)21-12(2)13-3-5-15(6-4-13)26-18(19)20/h3-6,9-10,12,18,23H,7-8H2,1-2H3,(H,21,24)/t12-/m0/s1. The quantitative estimate of drug-likeness (QED) is 0.790. The lowest BCUT2D eigenvalue weighted by Gasteiger charge is -2.16. The van der Waals surface area contributed by atoms with Gasteiger partial charge in [0.15, 0.2) is 0 Å². The minimum absolute atomic E-state index is 0.0458. The van der Waals surface area contributed by atoms with Crippen molar-refractivity contribution in [3.63, 3.8) is 0 Å². The van der Waals surface area contributed by atoms with Crippen molar-refractivity contribution in [3.8, 4) is 11.5 Å². The molecule has 0 unspecified atom stereocenters. The largest absolute Gasteiger partial charge is 0.508 e. The maximum absolute atomic E-state index is 12.1. The SMILES string of the molecule is Cc1cc(O)cc(=O)n1CCC(=O)N[C@@H](C)c1ccc(OC(F)F)cc1. The molecule has 8 heteroatoms. The van der Waals surface area contributed by atoms with Gasteiger partial charge in [0, 0.05) is 24.7 Å². The number of benzene rings is 1. The van der Waals surface area contributed by atoms with Gasteiger partial charge >= 0.3 is 6.61 Å². The summed E-state index contributed by atoms with van der Waals surface area (Å²) in [5, 5.41) is 12.1. The number of carbonyl (C=O) groups excluding carboxylic acids is 1. The van der Waals surface area contributed by atoms with E-state index < -0.39 is 6.61 Å². The van der Waals surface area contributed by atoms with Crippen molar-refractivity contribution in [2.75, 3.05) is 0 Å². The predicted molar refractivity (Wildman–Crippen MR) is 91.4 cm³/mol. The van der Waals surface area contributed by atoms with E-state index in [9.17, 15) is 23.5 Å². The molecule has 0 spiro atoms. The first kappa shape index (κ1) is 19.4. The van der Waals surface area contributed by atoms with E-state index in [2.05, 4.69) is 10.1 Å². The smallest absolute Gasteiger partial charge is 0.387 e. The van der Waals surface area contributed by atoms with E-state index >= 15 is 0 Å². The molecule has 0 saturated heterocycles. The first-order valence-corrected chi connectivity index (χ1v) is 8.01. The van der Waals surface area contributed by atoms with Crippen LogP contribution in [0.5, 0.6) is 11.5 Å². The van der Waals surface area contributed by atoms with Crippen LogP contribution in [0.2, 0.25) is 0 Å². The number of hydrogen-bond acceptors (Lipinski definition) is 4. The van der Waals surface area contributed by atoms with Crippen molar-refractivity contribution in [2.45, 2.75) is 39.5 Å². The van der Waals surface area contributed by atoms with Crippen LogP contribution in [0.3, 0.4) is 0 Å². The van der Waals surface area contributed by atoms with Gasteiger partial charge in [0.2, 0.25) is 5.91 Å². The number of halogens is 2. The van der Waals surface area contributed by atoms with Crippen LogP contribution in [0, 0.1) is 6.92 Å². The molecule has 2 aromatic rings. The number of pyridine rings is 1. The number of ether oxygens (including phenoxy) is 1. The van der Waals surface area contributed by atoms with Crippen molar-refractivity contribution in [2.24, 2.45) is 0 Å². The lowest BCUT2D eigenvalue weighted by molar-refractivity contribution is -0.122. The van der Waals surface area contributed by atoms with E-state index in [4.69, 9.17) is 0 Å². The molecule has 0 fully saturated rings. The third-order valence-electron chi connectivity index (χ3n) is 3.87. The van der Waals surface area contributed by atoms with Crippen LogP contribution in [0.25, 0.3) is 0 Å². The van der Waals surface area contributed by atoms with Gasteiger partial charge in [-0.25, -0.2) is 0 Å². The zero-order valence-corrected chi connectivity index (χ0v) is 14.4. The van der Waals surface area contributed by atoms with Crippen LogP contribution < -0.4 is 15.6 Å². The Balaban J connectivity index is 1.92. The van der Waals surface area contributed by atoms with Gasteiger partial charge in [0.05, 0.1) is 6.04 Å². The van der Waals surface area contributed by atoms with Crippen LogP contribution in [0.15, 0.2) is 41.2 Å². The third kappa shape index (κ3) is 5.30. The third-order valence-corrected chi connectivity index (χ3v) is 3.87. The van der Waals surface area contributed by atoms with E-state index in [0.717, 1.165) is 11.6 Å². The van der Waals surface area contributed by atoms with E-state index in [1.54, 1.807) is 26.0 Å². The molecule has 0 aliphatic rings. The summed E-state index contributed by atoms with van der Waals surface area (Å²) in [6.07, 6.45) is 0.0858. The minimum Gasteiger partial charge on any atom is -0.508 e. The monoisotopic (exact) mass is 366 g/mol. The first-order valence-electron chi connectivity index (χ1n) is 8.01. The number of hydrogen-bond donors (Lipinski definition) is 2. The van der Waals surface area contributed by atoms with Gasteiger partial charge in [0.25, 0.3) is 5.56 Å². The summed E-state index contributed by atoms with van der Waals surface area (Å²) in [6, 6.07) is 8.21. The molecule has 2 N–H and O–H groups in total. The highest BCUT2D eigenvalue weighted by atomic mass is 19.3. The summed E-state index contributed by atoms with van der Waals surface area (Å²) in [4.78, 5) is 23.9. The first-order chi connectivity index (χ1) is 12.3. The molecule has 140 valence electrons. The normalized spacial score (nSPS) is 12.0. The summed E-state index contributed by atoms with van der Waals surface area (Å²) < 4.78 is 30.0. The van der Waals surface area contributed by atoms with Crippen LogP contribution in [-0.4, -0.2) is 22.2 Å². The van der Waals surface area contributed by atoms with Gasteiger partial charge in [-0.05, 0) is 37.6 Å². The molecule has 1 amide bonds. The minimum atomic E-state index is -2.88. The van der Waals surface area contributed by atoms with Crippen molar-refractivity contribution < 1.29 is 23.4 Å². The Morgan fingerprint density at radius 3 is 2.50 bits per heavy atom. The fourth-order valence-corrected chi connectivity index (χ4v) is 2.55. The van der Waals surface area contributed by atoms with Gasteiger partial charge in [-0.15, -0.1) is 0 Å². The maximum Gasteiger partial charge on any atom is 0.387 e. The molecular weight excluding hydrogens is 346 g/mol. The van der Waals surface area contributed by atoms with Crippen molar-refractivity contribution in [1.82, 2.24) is 9.88 Å². The molecule has 0 saturated carbocycles. The summed E-state index contributed by atoms with van der Waals surface area (Å²) in [5.41, 5.74) is 0.918. The molecule has 1 heterocycles. The number of rotatable bonds is 7. The number of nitrogens with one attached hydrogen (secondary N) is 1. The van der Waals surface area contributed by atoms with Gasteiger partial charge in [-0.3, -0.25) is 9.59 Å². The number of alkyl halides is 2. The highest BCUT2D eigenvalue weighted by Crippen LogP contribution is 2.19. The molecule has 1 aromatic heterocycles. The van der Waals surface area contributed by atoms with Gasteiger partial charge < -0.3 is 19.7 Å². The molecule has 26 heavy (non-hydrogen) atoms. The Morgan fingerprint density at radius 2 is 1.92 bits per heavy atom. The fraction of sp³-hybridized carbons (Fsp3) is 0.333. The van der Waals surface area contributed by atoms with Gasteiger partial charge in [0.1, 0.15) is 11.5 Å². The van der Waals surface area contributed by atoms with E-state index in [1.165, 1.54) is 22.8 Å². The number of aromatic hydroxyl groups is 1. The molecule has 6 nitrogen and oxygen atoms in total. The average molecular weight is 366 g/mol. The Hall–Kier alpha value is -2.90. The molecule has 0 aliphatic heterocycles. The molecule has 2 rings (SSSR count). The number of nitrogens with zero attached hydrogens (tertiary/aromatic N) is 1. The maximum atomic E-state index is 12.1. The number of aryl methyl sites for hydroxylation is 1. The highest BCUT2D eigenvalue weighted by Gasteiger charge is 2.12. The second-order valence-electron chi connectivity index (χ2n) is 5.83. The van der Waals surface area contributed by atoms with E-state index in [1.807, 2.05) is 0 Å². The van der Waals surface area contributed by atoms with Crippen molar-refractivity contribution in [3.05, 3.63) is 58.0 Å². The number of carbonyl (C=O) groups is 1. The molecule has 0 radical (unpaired) electrons. The van der Waals surface area contributed by atoms with Crippen LogP contribution in [0.4, 0.5) is 8.78 Å². The lowest BCUT2D eigenvalue weighted by Crippen LogP contribution is -2.29. The van der Waals surface area contributed by atoms with Crippen molar-refractivity contribution >= 4 is 5.91 Å². The molecular formula is C18H20F2N2O4. The Kier molecular flexibility index (Phi) is 6.32. The summed E-state index contributed by atoms with van der Waals surface area (Å²) in [6.45, 7) is 0.735. The zero-order chi connectivity index (χ0) is 19.3. The van der Waals surface area contributed by atoms with Gasteiger partial charge in [-0.1, -0.05) is 12.1 Å². The topological polar surface area (TPSA) is 80.6 Å². The van der Waals surface area contributed by atoms with Crippen LogP contribution in [0.1, 0.15) is 30.6 Å². The van der Waals surface area contributed by atoms with Crippen LogP contribution >= 0.6 is 0 Å². The highest BCUT2D eigenvalue weighted by molar-refractivity contribution is 5.76. The average Bonchev–Trinajstić information content (AvgIpc) is 2.53. The Labute approximate surface area is 149 Å². The Morgan fingerprint density at radius 1 is 1.27 bits per heavy atom. The number of aromatic nitrogens is 1. The second-order valence-corrected chi connectivity index (χ2v) is 5.83.